The van der Waals surface area contributed by atoms with Gasteiger partial charge in [0, 0.05) is 5.02 Å². The van der Waals surface area contributed by atoms with Crippen molar-refractivity contribution in [3.63, 3.8) is 0 Å². The molecule has 0 atom stereocenters. The molecule has 2 N–H and O–H groups in total. The number of aromatic carboxylic acids is 1. The summed E-state index contributed by atoms with van der Waals surface area (Å²) in [6.45, 7) is 0. The van der Waals surface area contributed by atoms with Crippen molar-refractivity contribution in [2.75, 3.05) is 5.43 Å². The lowest BCUT2D eigenvalue weighted by Crippen LogP contribution is -1.99. The van der Waals surface area contributed by atoms with Gasteiger partial charge in [-0.1, -0.05) is 29.8 Å². The Kier molecular flexibility index (Phi) is 4.69. The maximum absolute atomic E-state index is 10.9. The van der Waals surface area contributed by atoms with E-state index >= 15 is 0 Å². The molecule has 0 aliphatic carbocycles. The van der Waals surface area contributed by atoms with Gasteiger partial charge in [0.2, 0.25) is 0 Å². The Morgan fingerprint density at radius 2 is 2.00 bits per heavy atom. The fourth-order valence-electron chi connectivity index (χ4n) is 2.61. The lowest BCUT2D eigenvalue weighted by atomic mass is 10.1. The summed E-state index contributed by atoms with van der Waals surface area (Å²) in [6, 6.07) is 13.7. The number of hydrogen-bond donors (Lipinski definition) is 2. The molecule has 0 aliphatic heterocycles. The highest BCUT2D eigenvalue weighted by molar-refractivity contribution is 6.30. The number of carboxylic acids is 1. The minimum atomic E-state index is -0.971. The number of benzene rings is 2. The zero-order valence-electron chi connectivity index (χ0n) is 14.3. The summed E-state index contributed by atoms with van der Waals surface area (Å²) in [5.74, 6) is -0.474. The first-order chi connectivity index (χ1) is 13.6. The van der Waals surface area contributed by atoms with E-state index in [0.717, 1.165) is 11.3 Å². The van der Waals surface area contributed by atoms with E-state index in [1.807, 2.05) is 12.1 Å². The number of fused-ring (bicyclic) bond motifs is 1. The Morgan fingerprint density at radius 1 is 1.18 bits per heavy atom. The van der Waals surface area contributed by atoms with Crippen LogP contribution >= 0.6 is 11.6 Å². The molecule has 2 aromatic heterocycles. The van der Waals surface area contributed by atoms with Crippen LogP contribution < -0.4 is 5.43 Å². The summed E-state index contributed by atoms with van der Waals surface area (Å²) in [7, 11) is 0. The normalized spacial score (nSPS) is 11.2. The lowest BCUT2D eigenvalue weighted by molar-refractivity contribution is 0.0697. The number of carbonyl (C=O) groups is 1. The second-order valence-corrected chi connectivity index (χ2v) is 6.23. The van der Waals surface area contributed by atoms with E-state index in [4.69, 9.17) is 16.7 Å². The molecule has 0 saturated carbocycles. The van der Waals surface area contributed by atoms with Crippen molar-refractivity contribution in [1.29, 1.82) is 0 Å². The molecule has 28 heavy (non-hydrogen) atoms. The molecular weight excluding hydrogens is 380 g/mol. The average Bonchev–Trinajstić information content (AvgIpc) is 3.13. The monoisotopic (exact) mass is 392 g/mol. The van der Waals surface area contributed by atoms with Crippen molar-refractivity contribution in [2.24, 2.45) is 5.10 Å². The number of nitrogens with zero attached hydrogens (tertiary/aromatic N) is 5. The van der Waals surface area contributed by atoms with Crippen molar-refractivity contribution in [3.8, 4) is 5.69 Å². The number of rotatable bonds is 5. The van der Waals surface area contributed by atoms with E-state index in [1.54, 1.807) is 41.4 Å². The third kappa shape index (κ3) is 3.53. The molecule has 0 amide bonds. The van der Waals surface area contributed by atoms with Gasteiger partial charge < -0.3 is 5.11 Å². The predicted molar refractivity (Wildman–Crippen MR) is 106 cm³/mol. The number of carboxylic acid groups (broad SMARTS) is 1. The van der Waals surface area contributed by atoms with Gasteiger partial charge in [-0.25, -0.2) is 19.4 Å². The van der Waals surface area contributed by atoms with Crippen molar-refractivity contribution < 1.29 is 9.90 Å². The second kappa shape index (κ2) is 7.45. The summed E-state index contributed by atoms with van der Waals surface area (Å²) < 4.78 is 1.67. The van der Waals surface area contributed by atoms with Gasteiger partial charge in [0.15, 0.2) is 11.5 Å². The van der Waals surface area contributed by atoms with E-state index < -0.39 is 5.97 Å². The van der Waals surface area contributed by atoms with E-state index in [2.05, 4.69) is 25.6 Å². The van der Waals surface area contributed by atoms with Crippen LogP contribution in [0.15, 0.2) is 66.2 Å². The van der Waals surface area contributed by atoms with Crippen LogP contribution in [0, 0.1) is 0 Å². The van der Waals surface area contributed by atoms with Crippen molar-refractivity contribution in [3.05, 3.63) is 77.2 Å². The first-order valence-corrected chi connectivity index (χ1v) is 8.57. The number of nitrogens with one attached hydrogen (secondary N) is 1. The molecule has 4 aromatic rings. The first-order valence-electron chi connectivity index (χ1n) is 8.19. The van der Waals surface area contributed by atoms with Crippen LogP contribution in [0.3, 0.4) is 0 Å². The number of halogens is 1. The molecule has 0 spiro atoms. The van der Waals surface area contributed by atoms with E-state index in [0.29, 0.717) is 21.9 Å². The highest BCUT2D eigenvalue weighted by atomic mass is 35.5. The molecule has 2 heterocycles. The summed E-state index contributed by atoms with van der Waals surface area (Å²) in [6.07, 6.45) is 4.64. The molecule has 9 heteroatoms. The molecular formula is C19H13ClN6O2. The van der Waals surface area contributed by atoms with Crippen LogP contribution in [-0.4, -0.2) is 37.0 Å². The summed E-state index contributed by atoms with van der Waals surface area (Å²) >= 11 is 6.06. The molecule has 0 radical (unpaired) electrons. The SMILES string of the molecule is O=C(O)c1ccc(/C=N/Nc2ncnc3c2cnn3-c2cccc(Cl)c2)cc1. The van der Waals surface area contributed by atoms with Crippen molar-refractivity contribution in [2.45, 2.75) is 0 Å². The maximum atomic E-state index is 10.9. The highest BCUT2D eigenvalue weighted by Crippen LogP contribution is 2.23. The van der Waals surface area contributed by atoms with Gasteiger partial charge >= 0.3 is 5.97 Å². The van der Waals surface area contributed by atoms with Crippen LogP contribution in [0.5, 0.6) is 0 Å². The molecule has 0 bridgehead atoms. The number of anilines is 1. The fourth-order valence-corrected chi connectivity index (χ4v) is 2.79. The molecule has 0 aliphatic rings. The van der Waals surface area contributed by atoms with Crippen LogP contribution in [0.25, 0.3) is 16.7 Å². The molecule has 0 fully saturated rings. The standard InChI is InChI=1S/C19H13ClN6O2/c20-14-2-1-3-15(8-14)26-18-16(10-24-26)17(21-11-22-18)25-23-9-12-4-6-13(7-5-12)19(27)28/h1-11H,(H,27,28)(H,21,22,25)/b23-9+. The van der Waals surface area contributed by atoms with Gasteiger partial charge in [0.1, 0.15) is 6.33 Å². The third-order valence-electron chi connectivity index (χ3n) is 3.96. The molecule has 4 rings (SSSR count). The van der Waals surface area contributed by atoms with E-state index in [-0.39, 0.29) is 5.56 Å². The number of hydrogen-bond acceptors (Lipinski definition) is 6. The largest absolute Gasteiger partial charge is 0.478 e. The fraction of sp³-hybridized carbons (Fsp3) is 0. The van der Waals surface area contributed by atoms with Crippen molar-refractivity contribution >= 4 is 40.6 Å². The maximum Gasteiger partial charge on any atom is 0.335 e. The van der Waals surface area contributed by atoms with Gasteiger partial charge in [-0.05, 0) is 35.9 Å². The van der Waals surface area contributed by atoms with Crippen LogP contribution in [0.1, 0.15) is 15.9 Å². The average molecular weight is 393 g/mol. The smallest absolute Gasteiger partial charge is 0.335 e. The molecule has 8 nitrogen and oxygen atoms in total. The Labute approximate surface area is 164 Å². The Balaban J connectivity index is 1.59. The second-order valence-electron chi connectivity index (χ2n) is 5.79. The van der Waals surface area contributed by atoms with Gasteiger partial charge in [-0.2, -0.15) is 10.2 Å². The number of hydrazone groups is 1. The molecule has 0 unspecified atom stereocenters. The minimum absolute atomic E-state index is 0.219. The zero-order chi connectivity index (χ0) is 19.5. The van der Waals surface area contributed by atoms with Crippen LogP contribution in [0.4, 0.5) is 5.82 Å². The topological polar surface area (TPSA) is 105 Å². The lowest BCUT2D eigenvalue weighted by Gasteiger charge is -2.04. The molecule has 0 saturated heterocycles. The summed E-state index contributed by atoms with van der Waals surface area (Å²) in [5, 5.41) is 18.8. The highest BCUT2D eigenvalue weighted by Gasteiger charge is 2.11. The summed E-state index contributed by atoms with van der Waals surface area (Å²) in [5.41, 5.74) is 5.24. The Hall–Kier alpha value is -3.78. The quantitative estimate of drug-likeness (QED) is 0.397. The molecule has 2 aromatic carbocycles. The van der Waals surface area contributed by atoms with Crippen molar-refractivity contribution in [1.82, 2.24) is 19.7 Å². The Morgan fingerprint density at radius 3 is 2.75 bits per heavy atom. The summed E-state index contributed by atoms with van der Waals surface area (Å²) in [4.78, 5) is 19.4. The minimum Gasteiger partial charge on any atom is -0.478 e. The van der Waals surface area contributed by atoms with Gasteiger partial charge in [0.25, 0.3) is 0 Å². The van der Waals surface area contributed by atoms with Gasteiger partial charge in [-0.15, -0.1) is 0 Å². The zero-order valence-corrected chi connectivity index (χ0v) is 15.1. The van der Waals surface area contributed by atoms with E-state index in [9.17, 15) is 4.79 Å². The van der Waals surface area contributed by atoms with Gasteiger partial charge in [0.05, 0.1) is 29.0 Å². The third-order valence-corrected chi connectivity index (χ3v) is 4.20. The first kappa shape index (κ1) is 17.6. The molecule has 138 valence electrons. The van der Waals surface area contributed by atoms with Gasteiger partial charge in [-0.3, -0.25) is 5.43 Å². The number of aromatic nitrogens is 4. The Bertz CT molecular complexity index is 1190. The van der Waals surface area contributed by atoms with Crippen LogP contribution in [0.2, 0.25) is 5.02 Å². The van der Waals surface area contributed by atoms with E-state index in [1.165, 1.54) is 18.5 Å². The van der Waals surface area contributed by atoms with Crippen LogP contribution in [-0.2, 0) is 0 Å². The predicted octanol–water partition coefficient (Wildman–Crippen LogP) is 3.61.